The lowest BCUT2D eigenvalue weighted by molar-refractivity contribution is 1.07. The predicted octanol–water partition coefficient (Wildman–Crippen LogP) is 11.4. The van der Waals surface area contributed by atoms with Gasteiger partial charge in [0.05, 0.1) is 11.4 Å². The molecule has 9 rings (SSSR count). The van der Waals surface area contributed by atoms with Crippen molar-refractivity contribution >= 4 is 0 Å². The summed E-state index contributed by atoms with van der Waals surface area (Å²) in [6.07, 6.45) is 3.67. The highest BCUT2D eigenvalue weighted by atomic mass is 15.0. The van der Waals surface area contributed by atoms with Gasteiger partial charge < -0.3 is 0 Å². The molecule has 54 heavy (non-hydrogen) atoms. The highest BCUT2D eigenvalue weighted by Crippen LogP contribution is 2.33. The molecule has 0 N–H and O–H groups in total. The summed E-state index contributed by atoms with van der Waals surface area (Å²) in [5.41, 5.74) is 11.7. The third-order valence-electron chi connectivity index (χ3n) is 9.25. The van der Waals surface area contributed by atoms with Crippen LogP contribution in [0.3, 0.4) is 0 Å². The number of pyridine rings is 1. The van der Waals surface area contributed by atoms with E-state index < -0.39 is 0 Å². The summed E-state index contributed by atoms with van der Waals surface area (Å²) in [4.78, 5) is 29.1. The van der Waals surface area contributed by atoms with E-state index in [1.54, 1.807) is 6.20 Å². The second-order valence-corrected chi connectivity index (χ2v) is 12.8. The van der Waals surface area contributed by atoms with E-state index in [2.05, 4.69) is 83.8 Å². The van der Waals surface area contributed by atoms with Crippen LogP contribution in [0, 0.1) is 0 Å². The Morgan fingerprint density at radius 1 is 0.241 bits per heavy atom. The summed E-state index contributed by atoms with van der Waals surface area (Å²) in [7, 11) is 0. The lowest BCUT2D eigenvalue weighted by Gasteiger charge is -2.11. The summed E-state index contributed by atoms with van der Waals surface area (Å²) in [5, 5.41) is 0. The van der Waals surface area contributed by atoms with Crippen LogP contribution in [-0.4, -0.2) is 29.9 Å². The van der Waals surface area contributed by atoms with E-state index in [1.165, 1.54) is 0 Å². The number of aromatic nitrogens is 6. The lowest BCUT2D eigenvalue weighted by atomic mass is 9.99. The van der Waals surface area contributed by atoms with Gasteiger partial charge in [0, 0.05) is 51.3 Å². The van der Waals surface area contributed by atoms with E-state index in [0.29, 0.717) is 23.3 Å². The van der Waals surface area contributed by atoms with Crippen molar-refractivity contribution in [2.75, 3.05) is 0 Å². The first-order chi connectivity index (χ1) is 26.7. The molecular weight excluding hydrogens is 661 g/mol. The average molecular weight is 693 g/mol. The number of rotatable bonds is 8. The Labute approximate surface area is 313 Å². The Bertz CT molecular complexity index is 2630. The molecule has 0 bridgehead atoms. The fraction of sp³-hybridized carbons (Fsp3) is 0. The average Bonchev–Trinajstić information content (AvgIpc) is 3.27. The first-order valence-electron chi connectivity index (χ1n) is 17.8. The molecule has 0 radical (unpaired) electrons. The lowest BCUT2D eigenvalue weighted by Crippen LogP contribution is -2.00. The highest BCUT2D eigenvalue weighted by Gasteiger charge is 2.15. The summed E-state index contributed by atoms with van der Waals surface area (Å²) in [6, 6.07) is 61.6. The van der Waals surface area contributed by atoms with Gasteiger partial charge in [0.1, 0.15) is 0 Å². The van der Waals surface area contributed by atoms with Crippen molar-refractivity contribution < 1.29 is 0 Å². The minimum atomic E-state index is 0.621. The predicted molar refractivity (Wildman–Crippen MR) is 217 cm³/mol. The monoisotopic (exact) mass is 692 g/mol. The molecule has 6 nitrogen and oxygen atoms in total. The molecule has 0 amide bonds. The van der Waals surface area contributed by atoms with Gasteiger partial charge in [-0.1, -0.05) is 158 Å². The van der Waals surface area contributed by atoms with Crippen molar-refractivity contribution in [1.82, 2.24) is 29.9 Å². The Kier molecular flexibility index (Phi) is 8.81. The largest absolute Gasteiger partial charge is 0.264 e. The van der Waals surface area contributed by atoms with Crippen molar-refractivity contribution in [3.05, 3.63) is 194 Å². The maximum Gasteiger partial charge on any atom is 0.164 e. The molecule has 6 aromatic carbocycles. The minimum absolute atomic E-state index is 0.621. The van der Waals surface area contributed by atoms with Gasteiger partial charge in [-0.05, 0) is 41.0 Å². The molecule has 0 saturated heterocycles. The minimum Gasteiger partial charge on any atom is -0.264 e. The molecule has 3 heterocycles. The van der Waals surface area contributed by atoms with Gasteiger partial charge in [0.15, 0.2) is 23.3 Å². The molecule has 6 heteroatoms. The molecule has 3 aromatic heterocycles. The number of benzene rings is 6. The maximum absolute atomic E-state index is 5.06. The van der Waals surface area contributed by atoms with Crippen molar-refractivity contribution in [2.45, 2.75) is 0 Å². The Morgan fingerprint density at radius 3 is 1.20 bits per heavy atom. The number of hydrogen-bond donors (Lipinski definition) is 0. The van der Waals surface area contributed by atoms with Crippen molar-refractivity contribution in [1.29, 1.82) is 0 Å². The van der Waals surface area contributed by atoms with Crippen LogP contribution in [0.4, 0.5) is 0 Å². The van der Waals surface area contributed by atoms with E-state index in [0.717, 1.165) is 67.0 Å². The van der Waals surface area contributed by atoms with Crippen LogP contribution in [-0.2, 0) is 0 Å². The van der Waals surface area contributed by atoms with Gasteiger partial charge in [-0.3, -0.25) is 4.98 Å². The zero-order valence-electron chi connectivity index (χ0n) is 29.2. The Hall–Kier alpha value is -7.44. The van der Waals surface area contributed by atoms with E-state index >= 15 is 0 Å². The zero-order valence-corrected chi connectivity index (χ0v) is 29.2. The van der Waals surface area contributed by atoms with E-state index in [9.17, 15) is 0 Å². The molecule has 0 aliphatic heterocycles. The molecule has 0 fully saturated rings. The molecule has 0 aliphatic carbocycles. The maximum atomic E-state index is 5.06. The molecule has 0 spiro atoms. The summed E-state index contributed by atoms with van der Waals surface area (Å²) in [5.74, 6) is 2.57. The van der Waals surface area contributed by atoms with Crippen LogP contribution in [0.5, 0.6) is 0 Å². The second kappa shape index (κ2) is 14.7. The van der Waals surface area contributed by atoms with Gasteiger partial charge in [-0.2, -0.15) is 0 Å². The molecule has 0 atom stereocenters. The number of hydrogen-bond acceptors (Lipinski definition) is 6. The van der Waals surface area contributed by atoms with Crippen molar-refractivity contribution in [3.63, 3.8) is 0 Å². The first kappa shape index (κ1) is 32.5. The molecule has 0 saturated carbocycles. The van der Waals surface area contributed by atoms with Crippen molar-refractivity contribution in [2.24, 2.45) is 0 Å². The van der Waals surface area contributed by atoms with Crippen LogP contribution in [0.25, 0.3) is 90.3 Å². The Morgan fingerprint density at radius 2 is 0.648 bits per heavy atom. The molecule has 0 aliphatic rings. The van der Waals surface area contributed by atoms with Gasteiger partial charge in [-0.15, -0.1) is 0 Å². The van der Waals surface area contributed by atoms with E-state index in [4.69, 9.17) is 24.9 Å². The fourth-order valence-corrected chi connectivity index (χ4v) is 6.46. The third-order valence-corrected chi connectivity index (χ3v) is 9.25. The van der Waals surface area contributed by atoms with Crippen LogP contribution >= 0.6 is 0 Å². The van der Waals surface area contributed by atoms with Crippen LogP contribution < -0.4 is 0 Å². The molecule has 0 unspecified atom stereocenters. The summed E-state index contributed by atoms with van der Waals surface area (Å²) >= 11 is 0. The fourth-order valence-electron chi connectivity index (χ4n) is 6.46. The van der Waals surface area contributed by atoms with E-state index in [1.807, 2.05) is 109 Å². The summed E-state index contributed by atoms with van der Waals surface area (Å²) in [6.45, 7) is 0. The second-order valence-electron chi connectivity index (χ2n) is 12.8. The van der Waals surface area contributed by atoms with E-state index in [-0.39, 0.29) is 0 Å². The smallest absolute Gasteiger partial charge is 0.164 e. The van der Waals surface area contributed by atoms with Gasteiger partial charge in [0.25, 0.3) is 0 Å². The molecule has 9 aromatic rings. The number of nitrogens with zero attached hydrogens (tertiary/aromatic N) is 6. The van der Waals surface area contributed by atoms with Crippen molar-refractivity contribution in [3.8, 4) is 90.3 Å². The van der Waals surface area contributed by atoms with Gasteiger partial charge in [0.2, 0.25) is 0 Å². The van der Waals surface area contributed by atoms with Gasteiger partial charge in [-0.25, -0.2) is 24.9 Å². The third kappa shape index (κ3) is 6.92. The SMILES string of the molecule is c1ccc(-c2nc(-c3ccc(-c4cccc(-c5nc(-c6ccccc6)nc(-c6ccccc6)n5)c4)cc3)cc(-c3cccc(-c4cccnc4)c3)n2)cc1. The topological polar surface area (TPSA) is 77.3 Å². The first-order valence-corrected chi connectivity index (χ1v) is 17.8. The quantitative estimate of drug-likeness (QED) is 0.158. The van der Waals surface area contributed by atoms with Gasteiger partial charge >= 0.3 is 0 Å². The Balaban J connectivity index is 1.07. The highest BCUT2D eigenvalue weighted by molar-refractivity contribution is 5.78. The van der Waals surface area contributed by atoms with Crippen LogP contribution in [0.2, 0.25) is 0 Å². The zero-order chi connectivity index (χ0) is 36.1. The van der Waals surface area contributed by atoms with Crippen LogP contribution in [0.15, 0.2) is 194 Å². The normalized spacial score (nSPS) is 11.0. The summed E-state index contributed by atoms with van der Waals surface area (Å²) < 4.78 is 0. The standard InChI is InChI=1S/C48H32N6/c1-4-13-35(14-5-1)45-50-43(31-44(51-45)40-21-10-20-39(29-40)42-23-12-28-49-32-42)34-26-24-33(25-27-34)38-19-11-22-41(30-38)48-53-46(36-15-6-2-7-16-36)52-47(54-48)37-17-8-3-9-18-37/h1-32H. The molecule has 254 valence electrons. The molecular formula is C48H32N6. The van der Waals surface area contributed by atoms with Crippen LogP contribution in [0.1, 0.15) is 0 Å².